The van der Waals surface area contributed by atoms with Gasteiger partial charge >= 0.3 is 0 Å². The normalized spacial score (nSPS) is 10.9. The number of benzene rings is 1. The van der Waals surface area contributed by atoms with Crippen LogP contribution in [0.5, 0.6) is 5.75 Å². The molecule has 0 saturated heterocycles. The second-order valence-electron chi connectivity index (χ2n) is 8.17. The van der Waals surface area contributed by atoms with E-state index in [-0.39, 0.29) is 30.4 Å². The molecule has 0 atom stereocenters. The van der Waals surface area contributed by atoms with Gasteiger partial charge in [0.15, 0.2) is 11.4 Å². The number of anilines is 1. The van der Waals surface area contributed by atoms with E-state index in [0.29, 0.717) is 52.4 Å². The number of carbonyl (C=O) groups excluding carboxylic acids is 3. The first-order chi connectivity index (χ1) is 16.2. The fraction of sp³-hybridized carbons (Fsp3) is 0.360. The summed E-state index contributed by atoms with van der Waals surface area (Å²) in [5.74, 6) is -0.344. The van der Waals surface area contributed by atoms with E-state index in [1.54, 1.807) is 35.9 Å². The number of nitrogens with zero attached hydrogens (tertiary/aromatic N) is 2. The van der Waals surface area contributed by atoms with Crippen LogP contribution in [0.15, 0.2) is 36.4 Å². The van der Waals surface area contributed by atoms with Crippen LogP contribution in [0.1, 0.15) is 54.2 Å². The van der Waals surface area contributed by atoms with Gasteiger partial charge in [-0.05, 0) is 38.5 Å². The summed E-state index contributed by atoms with van der Waals surface area (Å²) in [6.45, 7) is 7.72. The van der Waals surface area contributed by atoms with Gasteiger partial charge in [-0.15, -0.1) is 0 Å². The summed E-state index contributed by atoms with van der Waals surface area (Å²) >= 11 is 0. The number of carbonyl (C=O) groups is 3. The van der Waals surface area contributed by atoms with Crippen molar-refractivity contribution in [3.63, 3.8) is 0 Å². The minimum absolute atomic E-state index is 0.163. The number of amides is 3. The van der Waals surface area contributed by atoms with E-state index < -0.39 is 0 Å². The van der Waals surface area contributed by atoms with Crippen molar-refractivity contribution < 1.29 is 19.1 Å². The second-order valence-corrected chi connectivity index (χ2v) is 8.17. The van der Waals surface area contributed by atoms with Crippen LogP contribution in [0.4, 0.5) is 5.69 Å². The van der Waals surface area contributed by atoms with Crippen molar-refractivity contribution in [1.29, 1.82) is 0 Å². The van der Waals surface area contributed by atoms with Crippen LogP contribution in [-0.4, -0.2) is 46.5 Å². The molecule has 9 heteroatoms. The molecule has 9 nitrogen and oxygen atoms in total. The molecular formula is C25H31N5O4. The van der Waals surface area contributed by atoms with Crippen LogP contribution < -0.4 is 20.7 Å². The molecule has 3 rings (SSSR count). The molecule has 2 aromatic heterocycles. The van der Waals surface area contributed by atoms with Gasteiger partial charge < -0.3 is 25.3 Å². The second kappa shape index (κ2) is 10.8. The minimum atomic E-state index is -0.338. The lowest BCUT2D eigenvalue weighted by molar-refractivity contribution is -0.118. The summed E-state index contributed by atoms with van der Waals surface area (Å²) in [6.07, 6.45) is 0.397. The molecule has 0 aliphatic rings. The molecule has 0 aliphatic carbocycles. The maximum atomic E-state index is 13.1. The van der Waals surface area contributed by atoms with E-state index in [4.69, 9.17) is 9.72 Å². The zero-order valence-electron chi connectivity index (χ0n) is 20.2. The van der Waals surface area contributed by atoms with Gasteiger partial charge in [0.05, 0.1) is 22.9 Å². The van der Waals surface area contributed by atoms with Gasteiger partial charge in [-0.1, -0.05) is 25.1 Å². The third-order valence-electron chi connectivity index (χ3n) is 5.17. The number of hydrogen-bond donors (Lipinski definition) is 3. The van der Waals surface area contributed by atoms with E-state index in [1.165, 1.54) is 6.92 Å². The molecule has 0 radical (unpaired) electrons. The molecule has 3 N–H and O–H groups in total. The fourth-order valence-corrected chi connectivity index (χ4v) is 3.62. The summed E-state index contributed by atoms with van der Waals surface area (Å²) in [5, 5.41) is 9.05. The van der Waals surface area contributed by atoms with E-state index >= 15 is 0 Å². The van der Waals surface area contributed by atoms with Crippen molar-refractivity contribution >= 4 is 34.4 Å². The van der Waals surface area contributed by atoms with Crippen LogP contribution in [0.3, 0.4) is 0 Å². The van der Waals surface area contributed by atoms with Crippen LogP contribution in [0.25, 0.3) is 11.0 Å². The van der Waals surface area contributed by atoms with Crippen LogP contribution in [-0.2, 0) is 18.3 Å². The van der Waals surface area contributed by atoms with E-state index in [0.717, 1.165) is 0 Å². The smallest absolute Gasteiger partial charge is 0.271 e. The lowest BCUT2D eigenvalue weighted by atomic mass is 10.1. The van der Waals surface area contributed by atoms with Gasteiger partial charge in [-0.3, -0.25) is 14.4 Å². The molecule has 2 heterocycles. The van der Waals surface area contributed by atoms with E-state index in [2.05, 4.69) is 16.0 Å². The number of fused-ring (bicyclic) bond motifs is 1. The molecule has 0 spiro atoms. The standard InChI is InChI=1S/C25H31N5O4/c1-6-19-20(29-24(32)17-10-8-7-9-11-17)14-18-22(34-15(2)3)21(30(5)23(18)28-19)25(33)27-13-12-26-16(4)31/h7-11,14-15H,6,12-13H2,1-5H3,(H,26,31)(H,27,33)(H,29,32). The Kier molecular flexibility index (Phi) is 7.88. The molecule has 3 amide bonds. The zero-order valence-corrected chi connectivity index (χ0v) is 20.2. The Hall–Kier alpha value is -3.88. The molecule has 3 aromatic rings. The Balaban J connectivity index is 2.02. The molecular weight excluding hydrogens is 434 g/mol. The van der Waals surface area contributed by atoms with Crippen molar-refractivity contribution in [2.45, 2.75) is 40.2 Å². The van der Waals surface area contributed by atoms with Gasteiger partial charge in [-0.25, -0.2) is 4.98 Å². The highest BCUT2D eigenvalue weighted by Gasteiger charge is 2.26. The van der Waals surface area contributed by atoms with Gasteiger partial charge in [0.1, 0.15) is 5.65 Å². The quantitative estimate of drug-likeness (QED) is 0.420. The summed E-state index contributed by atoms with van der Waals surface area (Å²) in [6, 6.07) is 10.8. The largest absolute Gasteiger partial charge is 0.488 e. The van der Waals surface area contributed by atoms with Gasteiger partial charge in [0, 0.05) is 32.6 Å². The molecule has 0 aliphatic heterocycles. The van der Waals surface area contributed by atoms with Crippen molar-refractivity contribution in [3.05, 3.63) is 53.3 Å². The van der Waals surface area contributed by atoms with Gasteiger partial charge in [0.2, 0.25) is 5.91 Å². The number of aryl methyl sites for hydroxylation is 2. The first kappa shape index (κ1) is 24.8. The third-order valence-corrected chi connectivity index (χ3v) is 5.17. The molecule has 0 unspecified atom stereocenters. The third kappa shape index (κ3) is 5.54. The molecule has 34 heavy (non-hydrogen) atoms. The summed E-state index contributed by atoms with van der Waals surface area (Å²) in [7, 11) is 1.76. The Morgan fingerprint density at radius 2 is 1.74 bits per heavy atom. The molecule has 1 aromatic carbocycles. The lowest BCUT2D eigenvalue weighted by Crippen LogP contribution is -2.34. The SMILES string of the molecule is CCc1nc2c(cc1NC(=O)c1ccccc1)c(OC(C)C)c(C(=O)NCCNC(C)=O)n2C. The highest BCUT2D eigenvalue weighted by atomic mass is 16.5. The molecule has 0 saturated carbocycles. The maximum absolute atomic E-state index is 13.1. The van der Waals surface area contributed by atoms with Crippen molar-refractivity contribution in [2.24, 2.45) is 7.05 Å². The predicted molar refractivity (Wildman–Crippen MR) is 131 cm³/mol. The predicted octanol–water partition coefficient (Wildman–Crippen LogP) is 3.04. The molecule has 180 valence electrons. The number of aromatic nitrogens is 2. The maximum Gasteiger partial charge on any atom is 0.271 e. The summed E-state index contributed by atoms with van der Waals surface area (Å²) in [5.41, 5.74) is 2.72. The number of rotatable bonds is 9. The first-order valence-electron chi connectivity index (χ1n) is 11.3. The Morgan fingerprint density at radius 1 is 1.06 bits per heavy atom. The number of nitrogens with one attached hydrogen (secondary N) is 3. The number of ether oxygens (including phenoxy) is 1. The Labute approximate surface area is 198 Å². The van der Waals surface area contributed by atoms with Crippen LogP contribution >= 0.6 is 0 Å². The summed E-state index contributed by atoms with van der Waals surface area (Å²) in [4.78, 5) is 41.7. The highest BCUT2D eigenvalue weighted by molar-refractivity contribution is 6.07. The highest BCUT2D eigenvalue weighted by Crippen LogP contribution is 2.35. The van der Waals surface area contributed by atoms with Crippen molar-refractivity contribution in [3.8, 4) is 5.75 Å². The zero-order chi connectivity index (χ0) is 24.8. The monoisotopic (exact) mass is 465 g/mol. The van der Waals surface area contributed by atoms with Crippen molar-refractivity contribution in [2.75, 3.05) is 18.4 Å². The van der Waals surface area contributed by atoms with Gasteiger partial charge in [0.25, 0.3) is 11.8 Å². The fourth-order valence-electron chi connectivity index (χ4n) is 3.62. The Bertz CT molecular complexity index is 1200. The topological polar surface area (TPSA) is 114 Å². The number of pyridine rings is 1. The average molecular weight is 466 g/mol. The summed E-state index contributed by atoms with van der Waals surface area (Å²) < 4.78 is 7.76. The van der Waals surface area contributed by atoms with E-state index in [1.807, 2.05) is 32.9 Å². The van der Waals surface area contributed by atoms with Crippen LogP contribution in [0.2, 0.25) is 0 Å². The minimum Gasteiger partial charge on any atom is -0.488 e. The van der Waals surface area contributed by atoms with Crippen molar-refractivity contribution in [1.82, 2.24) is 20.2 Å². The van der Waals surface area contributed by atoms with E-state index in [9.17, 15) is 14.4 Å². The Morgan fingerprint density at radius 3 is 2.35 bits per heavy atom. The number of hydrogen-bond acceptors (Lipinski definition) is 5. The average Bonchev–Trinajstić information content (AvgIpc) is 3.06. The molecule has 0 bridgehead atoms. The first-order valence-corrected chi connectivity index (χ1v) is 11.3. The molecule has 0 fully saturated rings. The lowest BCUT2D eigenvalue weighted by Gasteiger charge is -2.13. The van der Waals surface area contributed by atoms with Crippen LogP contribution in [0, 0.1) is 0 Å². The van der Waals surface area contributed by atoms with Gasteiger partial charge in [-0.2, -0.15) is 0 Å².